The normalized spacial score (nSPS) is 11.8. The van der Waals surface area contributed by atoms with E-state index in [1.54, 1.807) is 0 Å². The Morgan fingerprint density at radius 2 is 1.12 bits per heavy atom. The molecule has 0 atom stereocenters. The number of rotatable bonds is 2. The summed E-state index contributed by atoms with van der Waals surface area (Å²) in [4.78, 5) is 9.55. The van der Waals surface area contributed by atoms with Crippen LogP contribution in [0.3, 0.4) is 0 Å². The van der Waals surface area contributed by atoms with Crippen LogP contribution in [0.1, 0.15) is 52.2 Å². The first-order chi connectivity index (χ1) is 19.3. The van der Waals surface area contributed by atoms with Gasteiger partial charge in [0.05, 0.1) is 33.1 Å². The molecule has 0 amide bonds. The predicted octanol–water partition coefficient (Wildman–Crippen LogP) is 9.69. The van der Waals surface area contributed by atoms with Gasteiger partial charge in [-0.25, -0.2) is 0 Å². The molecule has 0 fully saturated rings. The molecule has 4 nitrogen and oxygen atoms in total. The summed E-state index contributed by atoms with van der Waals surface area (Å²) in [7, 11) is 0. The highest BCUT2D eigenvalue weighted by Crippen LogP contribution is 2.36. The summed E-state index contributed by atoms with van der Waals surface area (Å²) in [6, 6.07) is 30.6. The van der Waals surface area contributed by atoms with Crippen molar-refractivity contribution < 1.29 is 0 Å². The Morgan fingerprint density at radius 1 is 0.600 bits per heavy atom. The topological polar surface area (TPSA) is 35.6 Å². The number of nitrogens with zero attached hydrogens (tertiary/aromatic N) is 4. The highest BCUT2D eigenvalue weighted by molar-refractivity contribution is 6.08. The number of benzene rings is 3. The lowest BCUT2D eigenvalue weighted by Gasteiger charge is -2.19. The molecule has 4 heteroatoms. The summed E-state index contributed by atoms with van der Waals surface area (Å²) in [5.74, 6) is 0. The standard InChI is InChI=1S/C33H28N4.C3H8/c1-21-12-14-27-25(18-21)31-29(10-6-16-34-31)36(27)23-8-5-9-24(20-23)37-28-15-13-22(33(2,3)4)19-26(28)32-30(37)11-7-17-35-32;1-3-2/h5-20H,1-4H3;3H2,1-2H3. The van der Waals surface area contributed by atoms with Crippen LogP contribution in [0.25, 0.3) is 55.2 Å². The molecular formula is C36H36N4. The number of aromatic nitrogens is 4. The minimum absolute atomic E-state index is 0.0697. The molecule has 0 aliphatic heterocycles. The van der Waals surface area contributed by atoms with Gasteiger partial charge < -0.3 is 9.13 Å². The first kappa shape index (κ1) is 25.8. The fraction of sp³-hybridized carbons (Fsp3) is 0.222. The van der Waals surface area contributed by atoms with Crippen molar-refractivity contribution in [1.29, 1.82) is 0 Å². The molecule has 3 aromatic carbocycles. The summed E-state index contributed by atoms with van der Waals surface area (Å²) in [5.41, 5.74) is 11.4. The molecule has 0 unspecified atom stereocenters. The van der Waals surface area contributed by atoms with Crippen LogP contribution >= 0.6 is 0 Å². The molecule has 40 heavy (non-hydrogen) atoms. The molecule has 0 spiro atoms. The van der Waals surface area contributed by atoms with Gasteiger partial charge in [-0.2, -0.15) is 0 Å². The van der Waals surface area contributed by atoms with E-state index in [0.29, 0.717) is 0 Å². The summed E-state index contributed by atoms with van der Waals surface area (Å²) in [6.45, 7) is 13.2. The molecule has 0 saturated heterocycles. The fourth-order valence-electron chi connectivity index (χ4n) is 5.58. The zero-order chi connectivity index (χ0) is 28.0. The number of pyridine rings is 2. The maximum atomic E-state index is 4.81. The zero-order valence-electron chi connectivity index (χ0n) is 24.2. The summed E-state index contributed by atoms with van der Waals surface area (Å²) in [6.07, 6.45) is 5.02. The smallest absolute Gasteiger partial charge is 0.0963 e. The summed E-state index contributed by atoms with van der Waals surface area (Å²) >= 11 is 0. The van der Waals surface area contributed by atoms with Gasteiger partial charge in [-0.1, -0.05) is 64.8 Å². The molecule has 4 aromatic heterocycles. The molecule has 7 rings (SSSR count). The Kier molecular flexibility index (Phi) is 6.42. The van der Waals surface area contributed by atoms with E-state index in [1.165, 1.54) is 33.8 Å². The lowest BCUT2D eigenvalue weighted by molar-refractivity contribution is 0.591. The van der Waals surface area contributed by atoms with Crippen LogP contribution in [0.5, 0.6) is 0 Å². The van der Waals surface area contributed by atoms with E-state index in [-0.39, 0.29) is 5.41 Å². The van der Waals surface area contributed by atoms with Gasteiger partial charge >= 0.3 is 0 Å². The first-order valence-corrected chi connectivity index (χ1v) is 14.2. The van der Waals surface area contributed by atoms with E-state index in [4.69, 9.17) is 9.97 Å². The highest BCUT2D eigenvalue weighted by atomic mass is 15.0. The van der Waals surface area contributed by atoms with Gasteiger partial charge in [0.15, 0.2) is 0 Å². The average Bonchev–Trinajstić information content (AvgIpc) is 3.45. The van der Waals surface area contributed by atoms with E-state index in [1.807, 2.05) is 24.5 Å². The van der Waals surface area contributed by atoms with E-state index in [0.717, 1.165) is 39.0 Å². The summed E-state index contributed by atoms with van der Waals surface area (Å²) in [5, 5.41) is 2.36. The largest absolute Gasteiger partial charge is 0.308 e. The van der Waals surface area contributed by atoms with Gasteiger partial charge in [-0.05, 0) is 84.6 Å². The number of hydrogen-bond acceptors (Lipinski definition) is 2. The van der Waals surface area contributed by atoms with Gasteiger partial charge in [0.2, 0.25) is 0 Å². The van der Waals surface area contributed by atoms with E-state index in [9.17, 15) is 0 Å². The van der Waals surface area contributed by atoms with Crippen LogP contribution in [-0.4, -0.2) is 19.1 Å². The van der Waals surface area contributed by atoms with Crippen LogP contribution in [0.2, 0.25) is 0 Å². The molecule has 0 saturated carbocycles. The molecule has 7 aromatic rings. The number of hydrogen-bond donors (Lipinski definition) is 0. The van der Waals surface area contributed by atoms with E-state index < -0.39 is 0 Å². The van der Waals surface area contributed by atoms with Gasteiger partial charge in [0, 0.05) is 34.5 Å². The molecule has 0 bridgehead atoms. The Balaban J connectivity index is 0.000000925. The average molecular weight is 525 g/mol. The predicted molar refractivity (Wildman–Crippen MR) is 170 cm³/mol. The Hall–Kier alpha value is -4.44. The quantitative estimate of drug-likeness (QED) is 0.226. The molecule has 0 aliphatic carbocycles. The van der Waals surface area contributed by atoms with Crippen molar-refractivity contribution in [2.75, 3.05) is 0 Å². The van der Waals surface area contributed by atoms with Gasteiger partial charge in [0.1, 0.15) is 0 Å². The van der Waals surface area contributed by atoms with Crippen molar-refractivity contribution >= 4 is 43.9 Å². The van der Waals surface area contributed by atoms with Crippen molar-refractivity contribution in [3.8, 4) is 11.4 Å². The molecular weight excluding hydrogens is 488 g/mol. The second-order valence-electron chi connectivity index (χ2n) is 11.6. The Morgan fingerprint density at radius 3 is 1.68 bits per heavy atom. The monoisotopic (exact) mass is 524 g/mol. The van der Waals surface area contributed by atoms with Crippen LogP contribution in [0.15, 0.2) is 97.3 Å². The Labute approximate surface area is 235 Å². The third-order valence-electron chi connectivity index (χ3n) is 7.41. The maximum absolute atomic E-state index is 4.81. The number of aryl methyl sites for hydroxylation is 1. The molecule has 0 aliphatic rings. The van der Waals surface area contributed by atoms with Crippen molar-refractivity contribution in [1.82, 2.24) is 19.1 Å². The maximum Gasteiger partial charge on any atom is 0.0963 e. The third kappa shape index (κ3) is 4.24. The van der Waals surface area contributed by atoms with Crippen molar-refractivity contribution in [2.24, 2.45) is 0 Å². The second-order valence-corrected chi connectivity index (χ2v) is 11.6. The lowest BCUT2D eigenvalue weighted by Crippen LogP contribution is -2.10. The van der Waals surface area contributed by atoms with Crippen molar-refractivity contribution in [3.63, 3.8) is 0 Å². The van der Waals surface area contributed by atoms with Crippen LogP contribution in [0.4, 0.5) is 0 Å². The third-order valence-corrected chi connectivity index (χ3v) is 7.41. The fourth-order valence-corrected chi connectivity index (χ4v) is 5.58. The lowest BCUT2D eigenvalue weighted by atomic mass is 9.86. The second kappa shape index (κ2) is 9.95. The molecule has 0 N–H and O–H groups in total. The van der Waals surface area contributed by atoms with Gasteiger partial charge in [-0.3, -0.25) is 9.97 Å². The van der Waals surface area contributed by atoms with E-state index in [2.05, 4.69) is 123 Å². The van der Waals surface area contributed by atoms with Crippen molar-refractivity contribution in [3.05, 3.63) is 108 Å². The Bertz CT molecular complexity index is 2000. The van der Waals surface area contributed by atoms with Crippen LogP contribution in [0, 0.1) is 6.92 Å². The van der Waals surface area contributed by atoms with Crippen LogP contribution < -0.4 is 0 Å². The molecule has 200 valence electrons. The SMILES string of the molecule is CCC.Cc1ccc2c(c1)c1ncccc1n2-c1cccc(-n2c3ccc(C(C)(C)C)cc3c3ncccc32)c1. The minimum atomic E-state index is 0.0697. The molecule has 0 radical (unpaired) electrons. The zero-order valence-corrected chi connectivity index (χ0v) is 24.2. The van der Waals surface area contributed by atoms with Gasteiger partial charge in [-0.15, -0.1) is 0 Å². The van der Waals surface area contributed by atoms with Crippen LogP contribution in [-0.2, 0) is 5.41 Å². The van der Waals surface area contributed by atoms with E-state index >= 15 is 0 Å². The first-order valence-electron chi connectivity index (χ1n) is 14.2. The van der Waals surface area contributed by atoms with Gasteiger partial charge in [0.25, 0.3) is 0 Å². The molecule has 4 heterocycles. The van der Waals surface area contributed by atoms with Crippen molar-refractivity contribution in [2.45, 2.75) is 53.4 Å². The minimum Gasteiger partial charge on any atom is -0.308 e. The number of fused-ring (bicyclic) bond motifs is 6. The summed E-state index contributed by atoms with van der Waals surface area (Å²) < 4.78 is 4.66. The highest BCUT2D eigenvalue weighted by Gasteiger charge is 2.19.